The summed E-state index contributed by atoms with van der Waals surface area (Å²) in [7, 11) is 0. The maximum atomic E-state index is 11.8. The normalized spacial score (nSPS) is 19.5. The number of urea groups is 1. The first-order valence-corrected chi connectivity index (χ1v) is 7.34. The van der Waals surface area contributed by atoms with Gasteiger partial charge >= 0.3 is 12.0 Å². The van der Waals surface area contributed by atoms with E-state index in [1.54, 1.807) is 0 Å². The number of hydrogen-bond donors (Lipinski definition) is 3. The van der Waals surface area contributed by atoms with E-state index in [1.807, 2.05) is 13.8 Å². The Hall–Kier alpha value is -1.26. The highest BCUT2D eigenvalue weighted by Crippen LogP contribution is 2.26. The Kier molecular flexibility index (Phi) is 6.67. The summed E-state index contributed by atoms with van der Waals surface area (Å²) in [6, 6.07) is -1.04. The Morgan fingerprint density at radius 1 is 1.21 bits per heavy atom. The molecule has 0 radical (unpaired) electrons. The molecule has 1 unspecified atom stereocenters. The molecule has 1 fully saturated rings. The van der Waals surface area contributed by atoms with Gasteiger partial charge in [0.15, 0.2) is 0 Å². The van der Waals surface area contributed by atoms with Crippen molar-refractivity contribution in [3.05, 3.63) is 0 Å². The van der Waals surface area contributed by atoms with Gasteiger partial charge < -0.3 is 15.7 Å². The molecule has 1 aliphatic rings. The largest absolute Gasteiger partial charge is 0.480 e. The van der Waals surface area contributed by atoms with Gasteiger partial charge in [-0.15, -0.1) is 0 Å². The summed E-state index contributed by atoms with van der Waals surface area (Å²) in [5, 5.41) is 14.4. The van der Waals surface area contributed by atoms with E-state index in [2.05, 4.69) is 10.6 Å². The van der Waals surface area contributed by atoms with E-state index in [4.69, 9.17) is 5.11 Å². The summed E-state index contributed by atoms with van der Waals surface area (Å²) < 4.78 is 0. The van der Waals surface area contributed by atoms with Crippen LogP contribution < -0.4 is 10.6 Å². The molecule has 1 rings (SSSR count). The molecule has 2 atom stereocenters. The SMILES string of the molecule is CCC[C@H](NC(=O)NC(C)C1CCCCC1)C(=O)O. The first-order chi connectivity index (χ1) is 9.04. The molecule has 1 saturated carbocycles. The number of amides is 2. The molecular formula is C14H26N2O3. The van der Waals surface area contributed by atoms with Crippen LogP contribution in [0.4, 0.5) is 4.79 Å². The van der Waals surface area contributed by atoms with Crippen LogP contribution in [0.3, 0.4) is 0 Å². The van der Waals surface area contributed by atoms with Gasteiger partial charge in [0.2, 0.25) is 0 Å². The number of rotatable bonds is 6. The second-order valence-electron chi connectivity index (χ2n) is 5.48. The van der Waals surface area contributed by atoms with Gasteiger partial charge in [-0.05, 0) is 32.1 Å². The highest BCUT2D eigenvalue weighted by Gasteiger charge is 2.23. The minimum atomic E-state index is -0.970. The van der Waals surface area contributed by atoms with Crippen LogP contribution in [-0.2, 0) is 4.79 Å². The van der Waals surface area contributed by atoms with Gasteiger partial charge in [-0.3, -0.25) is 0 Å². The molecule has 0 aliphatic heterocycles. The van der Waals surface area contributed by atoms with Gasteiger partial charge in [-0.2, -0.15) is 0 Å². The molecule has 0 heterocycles. The molecule has 19 heavy (non-hydrogen) atoms. The molecule has 0 bridgehead atoms. The molecule has 110 valence electrons. The van der Waals surface area contributed by atoms with Crippen LogP contribution in [0.2, 0.25) is 0 Å². The van der Waals surface area contributed by atoms with Gasteiger partial charge in [-0.25, -0.2) is 9.59 Å². The predicted octanol–water partition coefficient (Wildman–Crippen LogP) is 2.51. The summed E-state index contributed by atoms with van der Waals surface area (Å²) in [4.78, 5) is 22.8. The lowest BCUT2D eigenvalue weighted by atomic mass is 9.85. The molecule has 1 aliphatic carbocycles. The molecule has 0 aromatic carbocycles. The van der Waals surface area contributed by atoms with Crippen molar-refractivity contribution in [2.24, 2.45) is 5.92 Å². The number of carboxylic acid groups (broad SMARTS) is 1. The minimum absolute atomic E-state index is 0.108. The minimum Gasteiger partial charge on any atom is -0.480 e. The van der Waals surface area contributed by atoms with Crippen molar-refractivity contribution in [1.82, 2.24) is 10.6 Å². The number of carbonyl (C=O) groups is 2. The van der Waals surface area contributed by atoms with Crippen LogP contribution in [-0.4, -0.2) is 29.2 Å². The first-order valence-electron chi connectivity index (χ1n) is 7.34. The fraction of sp³-hybridized carbons (Fsp3) is 0.857. The van der Waals surface area contributed by atoms with Crippen molar-refractivity contribution in [2.45, 2.75) is 70.9 Å². The molecule has 0 saturated heterocycles. The molecule has 0 spiro atoms. The highest BCUT2D eigenvalue weighted by molar-refractivity contribution is 5.82. The summed E-state index contributed by atoms with van der Waals surface area (Å²) in [6.45, 7) is 3.91. The lowest BCUT2D eigenvalue weighted by Gasteiger charge is -2.28. The third-order valence-corrected chi connectivity index (χ3v) is 3.90. The molecule has 0 aromatic rings. The van der Waals surface area contributed by atoms with Crippen molar-refractivity contribution in [1.29, 1.82) is 0 Å². The van der Waals surface area contributed by atoms with E-state index < -0.39 is 12.0 Å². The fourth-order valence-electron chi connectivity index (χ4n) is 2.70. The molecule has 3 N–H and O–H groups in total. The second-order valence-corrected chi connectivity index (χ2v) is 5.48. The van der Waals surface area contributed by atoms with Gasteiger partial charge in [0, 0.05) is 6.04 Å². The third-order valence-electron chi connectivity index (χ3n) is 3.90. The smallest absolute Gasteiger partial charge is 0.326 e. The third kappa shape index (κ3) is 5.49. The van der Waals surface area contributed by atoms with E-state index in [0.29, 0.717) is 12.3 Å². The average molecular weight is 270 g/mol. The van der Waals surface area contributed by atoms with Crippen molar-refractivity contribution >= 4 is 12.0 Å². The lowest BCUT2D eigenvalue weighted by molar-refractivity contribution is -0.139. The van der Waals surface area contributed by atoms with Gasteiger partial charge in [-0.1, -0.05) is 32.6 Å². The van der Waals surface area contributed by atoms with Crippen LogP contribution in [0.25, 0.3) is 0 Å². The monoisotopic (exact) mass is 270 g/mol. The number of carbonyl (C=O) groups excluding carboxylic acids is 1. The van der Waals surface area contributed by atoms with Crippen LogP contribution in [0.1, 0.15) is 58.8 Å². The van der Waals surface area contributed by atoms with E-state index in [-0.39, 0.29) is 12.1 Å². The topological polar surface area (TPSA) is 78.4 Å². The van der Waals surface area contributed by atoms with Crippen LogP contribution in [0, 0.1) is 5.92 Å². The quantitative estimate of drug-likeness (QED) is 0.694. The maximum absolute atomic E-state index is 11.8. The maximum Gasteiger partial charge on any atom is 0.326 e. The van der Waals surface area contributed by atoms with Gasteiger partial charge in [0.25, 0.3) is 0 Å². The summed E-state index contributed by atoms with van der Waals surface area (Å²) in [5.41, 5.74) is 0. The van der Waals surface area contributed by atoms with E-state index in [1.165, 1.54) is 19.3 Å². The Morgan fingerprint density at radius 2 is 1.84 bits per heavy atom. The zero-order valence-electron chi connectivity index (χ0n) is 11.9. The van der Waals surface area contributed by atoms with Crippen LogP contribution in [0.5, 0.6) is 0 Å². The standard InChI is InChI=1S/C14H26N2O3/c1-3-7-12(13(17)18)16-14(19)15-10(2)11-8-5-4-6-9-11/h10-12H,3-9H2,1-2H3,(H,17,18)(H2,15,16,19)/t10?,12-/m0/s1. The summed E-state index contributed by atoms with van der Waals surface area (Å²) >= 11 is 0. The molecule has 5 nitrogen and oxygen atoms in total. The van der Waals surface area contributed by atoms with Crippen molar-refractivity contribution in [3.8, 4) is 0 Å². The highest BCUT2D eigenvalue weighted by atomic mass is 16.4. The van der Waals surface area contributed by atoms with Crippen LogP contribution in [0.15, 0.2) is 0 Å². The second kappa shape index (κ2) is 8.02. The Labute approximate surface area is 115 Å². The number of nitrogens with one attached hydrogen (secondary N) is 2. The van der Waals surface area contributed by atoms with E-state index in [9.17, 15) is 9.59 Å². The lowest BCUT2D eigenvalue weighted by Crippen LogP contribution is -2.50. The number of hydrogen-bond acceptors (Lipinski definition) is 2. The summed E-state index contributed by atoms with van der Waals surface area (Å²) in [5.74, 6) is -0.448. The Bertz CT molecular complexity index is 301. The van der Waals surface area contributed by atoms with E-state index >= 15 is 0 Å². The fourth-order valence-corrected chi connectivity index (χ4v) is 2.70. The zero-order chi connectivity index (χ0) is 14.3. The van der Waals surface area contributed by atoms with Gasteiger partial charge in [0.1, 0.15) is 6.04 Å². The molecule has 0 aromatic heterocycles. The Morgan fingerprint density at radius 3 is 2.37 bits per heavy atom. The average Bonchev–Trinajstić information content (AvgIpc) is 2.39. The predicted molar refractivity (Wildman–Crippen MR) is 74.0 cm³/mol. The first kappa shape index (κ1) is 15.8. The van der Waals surface area contributed by atoms with Crippen molar-refractivity contribution in [2.75, 3.05) is 0 Å². The Balaban J connectivity index is 2.38. The number of aliphatic carboxylic acids is 1. The van der Waals surface area contributed by atoms with Crippen molar-refractivity contribution in [3.63, 3.8) is 0 Å². The summed E-state index contributed by atoms with van der Waals surface area (Å²) in [6.07, 6.45) is 7.23. The molecule has 5 heteroatoms. The molecular weight excluding hydrogens is 244 g/mol. The van der Waals surface area contributed by atoms with Crippen LogP contribution >= 0.6 is 0 Å². The molecule has 2 amide bonds. The van der Waals surface area contributed by atoms with E-state index in [0.717, 1.165) is 19.3 Å². The zero-order valence-corrected chi connectivity index (χ0v) is 11.9. The van der Waals surface area contributed by atoms with Gasteiger partial charge in [0.05, 0.1) is 0 Å². The number of carboxylic acids is 1. The van der Waals surface area contributed by atoms with Crippen molar-refractivity contribution < 1.29 is 14.7 Å².